The lowest BCUT2D eigenvalue weighted by Crippen LogP contribution is -2.39. The lowest BCUT2D eigenvalue weighted by atomic mass is 9.80. The highest BCUT2D eigenvalue weighted by atomic mass is 16.6. The number of hydrogen-bond donors (Lipinski definition) is 1. The van der Waals surface area contributed by atoms with E-state index in [1.54, 1.807) is 0 Å². The van der Waals surface area contributed by atoms with Crippen molar-refractivity contribution in [1.82, 2.24) is 0 Å². The van der Waals surface area contributed by atoms with Crippen LogP contribution >= 0.6 is 0 Å². The molecule has 0 amide bonds. The van der Waals surface area contributed by atoms with E-state index in [0.29, 0.717) is 45.9 Å². The Hall–Kier alpha value is -3.03. The molecule has 196 valence electrons. The Balaban J connectivity index is 1.29. The van der Waals surface area contributed by atoms with E-state index >= 15 is 0 Å². The summed E-state index contributed by atoms with van der Waals surface area (Å²) in [4.78, 5) is 11.5. The Labute approximate surface area is 219 Å². The molecule has 0 aliphatic heterocycles. The number of carboxylic acids is 1. The standard InChI is InChI=1S/C31H36O6/c32-29(33)30(18-10-11-19-30)36-24-22-34-20-21-35-23-25-37-31(26-12-4-1-5-13-26,27-14-6-2-7-15-27)28-16-8-3-9-17-28/h1-9,12-17H,10-11,18-25H2,(H,32,33). The van der Waals surface area contributed by atoms with Crippen molar-refractivity contribution in [2.45, 2.75) is 36.9 Å². The van der Waals surface area contributed by atoms with Gasteiger partial charge in [-0.25, -0.2) is 4.79 Å². The second-order valence-corrected chi connectivity index (χ2v) is 9.21. The summed E-state index contributed by atoms with van der Waals surface area (Å²) < 4.78 is 23.7. The van der Waals surface area contributed by atoms with Gasteiger partial charge < -0.3 is 24.1 Å². The Bertz CT molecular complexity index is 968. The largest absolute Gasteiger partial charge is 0.479 e. The molecular weight excluding hydrogens is 468 g/mol. The van der Waals surface area contributed by atoms with Crippen LogP contribution in [0.2, 0.25) is 0 Å². The molecule has 1 aliphatic rings. The molecule has 0 spiro atoms. The maximum absolute atomic E-state index is 11.5. The number of aliphatic carboxylic acids is 1. The van der Waals surface area contributed by atoms with E-state index in [1.807, 2.05) is 54.6 Å². The van der Waals surface area contributed by atoms with Crippen molar-refractivity contribution in [2.75, 3.05) is 39.6 Å². The lowest BCUT2D eigenvalue weighted by molar-refractivity contribution is -0.167. The second kappa shape index (κ2) is 13.5. The minimum atomic E-state index is -1.03. The summed E-state index contributed by atoms with van der Waals surface area (Å²) in [5, 5.41) is 9.46. The summed E-state index contributed by atoms with van der Waals surface area (Å²) in [7, 11) is 0. The Morgan fingerprint density at radius 1 is 0.649 bits per heavy atom. The highest BCUT2D eigenvalue weighted by molar-refractivity contribution is 5.77. The number of hydrogen-bond acceptors (Lipinski definition) is 5. The third-order valence-electron chi connectivity index (χ3n) is 6.87. The molecule has 0 unspecified atom stereocenters. The molecule has 1 aliphatic carbocycles. The molecule has 1 N–H and O–H groups in total. The van der Waals surface area contributed by atoms with Crippen LogP contribution in [0.25, 0.3) is 0 Å². The van der Waals surface area contributed by atoms with E-state index in [0.717, 1.165) is 29.5 Å². The summed E-state index contributed by atoms with van der Waals surface area (Å²) in [5.41, 5.74) is 1.37. The van der Waals surface area contributed by atoms with Gasteiger partial charge in [0.25, 0.3) is 0 Å². The van der Waals surface area contributed by atoms with Gasteiger partial charge in [-0.2, -0.15) is 0 Å². The SMILES string of the molecule is O=C(O)C1(OCCOCCOCCOC(c2ccccc2)(c2ccccc2)c2ccccc2)CCCC1. The third kappa shape index (κ3) is 6.65. The summed E-state index contributed by atoms with van der Waals surface area (Å²) in [5.74, 6) is -0.870. The number of carbonyl (C=O) groups is 1. The summed E-state index contributed by atoms with van der Waals surface area (Å²) in [6.07, 6.45) is 2.93. The van der Waals surface area contributed by atoms with Crippen LogP contribution in [0.15, 0.2) is 91.0 Å². The van der Waals surface area contributed by atoms with E-state index in [9.17, 15) is 9.90 Å². The molecule has 1 saturated carbocycles. The molecule has 1 fully saturated rings. The van der Waals surface area contributed by atoms with E-state index in [2.05, 4.69) is 36.4 Å². The zero-order chi connectivity index (χ0) is 25.8. The average molecular weight is 505 g/mol. The topological polar surface area (TPSA) is 74.2 Å². The fourth-order valence-electron chi connectivity index (χ4n) is 5.01. The molecule has 0 aromatic heterocycles. The van der Waals surface area contributed by atoms with Gasteiger partial charge in [0.05, 0.1) is 39.6 Å². The van der Waals surface area contributed by atoms with Gasteiger partial charge in [0.1, 0.15) is 5.60 Å². The number of benzene rings is 3. The van der Waals surface area contributed by atoms with Crippen molar-refractivity contribution < 1.29 is 28.8 Å². The molecule has 0 atom stereocenters. The Morgan fingerprint density at radius 3 is 1.49 bits per heavy atom. The van der Waals surface area contributed by atoms with Crippen LogP contribution in [-0.2, 0) is 29.3 Å². The van der Waals surface area contributed by atoms with E-state index < -0.39 is 17.2 Å². The maximum atomic E-state index is 11.5. The smallest absolute Gasteiger partial charge is 0.335 e. The summed E-state index contributed by atoms with van der Waals surface area (Å²) >= 11 is 0. The molecule has 6 heteroatoms. The average Bonchev–Trinajstić information content (AvgIpc) is 3.44. The quantitative estimate of drug-likeness (QED) is 0.219. The molecule has 0 saturated heterocycles. The van der Waals surface area contributed by atoms with Gasteiger partial charge in [0.2, 0.25) is 0 Å². The predicted octanol–water partition coefficient (Wildman–Crippen LogP) is 5.44. The normalized spacial score (nSPS) is 15.0. The van der Waals surface area contributed by atoms with Crippen molar-refractivity contribution in [3.05, 3.63) is 108 Å². The van der Waals surface area contributed by atoms with Crippen LogP contribution in [0.5, 0.6) is 0 Å². The van der Waals surface area contributed by atoms with E-state index in [-0.39, 0.29) is 6.61 Å². The van der Waals surface area contributed by atoms with Crippen molar-refractivity contribution in [3.8, 4) is 0 Å². The van der Waals surface area contributed by atoms with Crippen molar-refractivity contribution in [2.24, 2.45) is 0 Å². The zero-order valence-corrected chi connectivity index (χ0v) is 21.2. The zero-order valence-electron chi connectivity index (χ0n) is 21.2. The molecular formula is C31H36O6. The van der Waals surface area contributed by atoms with Crippen molar-refractivity contribution >= 4 is 5.97 Å². The minimum absolute atomic E-state index is 0.267. The third-order valence-corrected chi connectivity index (χ3v) is 6.87. The van der Waals surface area contributed by atoms with Gasteiger partial charge in [-0.15, -0.1) is 0 Å². The first-order chi connectivity index (χ1) is 18.2. The lowest BCUT2D eigenvalue weighted by Gasteiger charge is -2.36. The fourth-order valence-corrected chi connectivity index (χ4v) is 5.01. The number of carboxylic acid groups (broad SMARTS) is 1. The first-order valence-corrected chi connectivity index (χ1v) is 13.0. The fraction of sp³-hybridized carbons (Fsp3) is 0.387. The molecule has 0 bridgehead atoms. The summed E-state index contributed by atoms with van der Waals surface area (Å²) in [6, 6.07) is 30.8. The molecule has 0 radical (unpaired) electrons. The van der Waals surface area contributed by atoms with Crippen LogP contribution in [0.1, 0.15) is 42.4 Å². The highest BCUT2D eigenvalue weighted by Crippen LogP contribution is 2.40. The molecule has 4 rings (SSSR count). The first-order valence-electron chi connectivity index (χ1n) is 13.0. The van der Waals surface area contributed by atoms with E-state index in [4.69, 9.17) is 18.9 Å². The van der Waals surface area contributed by atoms with Crippen LogP contribution in [0.4, 0.5) is 0 Å². The molecule has 6 nitrogen and oxygen atoms in total. The first kappa shape index (κ1) is 27.0. The number of rotatable bonds is 15. The minimum Gasteiger partial charge on any atom is -0.479 e. The molecule has 37 heavy (non-hydrogen) atoms. The predicted molar refractivity (Wildman–Crippen MR) is 142 cm³/mol. The van der Waals surface area contributed by atoms with Crippen LogP contribution < -0.4 is 0 Å². The van der Waals surface area contributed by atoms with Crippen LogP contribution in [-0.4, -0.2) is 56.3 Å². The monoisotopic (exact) mass is 504 g/mol. The van der Waals surface area contributed by atoms with Gasteiger partial charge in [0.15, 0.2) is 5.60 Å². The maximum Gasteiger partial charge on any atom is 0.335 e. The molecule has 3 aromatic carbocycles. The van der Waals surface area contributed by atoms with Gasteiger partial charge >= 0.3 is 5.97 Å². The van der Waals surface area contributed by atoms with Crippen LogP contribution in [0, 0.1) is 0 Å². The second-order valence-electron chi connectivity index (χ2n) is 9.21. The Kier molecular flexibility index (Phi) is 9.85. The number of ether oxygens (including phenoxy) is 4. The highest BCUT2D eigenvalue weighted by Gasteiger charge is 2.42. The van der Waals surface area contributed by atoms with Crippen molar-refractivity contribution in [1.29, 1.82) is 0 Å². The van der Waals surface area contributed by atoms with Gasteiger partial charge in [-0.3, -0.25) is 0 Å². The van der Waals surface area contributed by atoms with Gasteiger partial charge in [-0.1, -0.05) is 91.0 Å². The molecule has 0 heterocycles. The van der Waals surface area contributed by atoms with E-state index in [1.165, 1.54) is 0 Å². The van der Waals surface area contributed by atoms with Crippen molar-refractivity contribution in [3.63, 3.8) is 0 Å². The summed E-state index contributed by atoms with van der Waals surface area (Å²) in [6.45, 7) is 2.24. The van der Waals surface area contributed by atoms with Gasteiger partial charge in [0, 0.05) is 0 Å². The van der Waals surface area contributed by atoms with Gasteiger partial charge in [-0.05, 0) is 42.4 Å². The van der Waals surface area contributed by atoms with Crippen LogP contribution in [0.3, 0.4) is 0 Å². The molecule has 3 aromatic rings. The Morgan fingerprint density at radius 2 is 1.05 bits per heavy atom.